The Morgan fingerprint density at radius 2 is 1.62 bits per heavy atom. The van der Waals surface area contributed by atoms with Crippen LogP contribution in [-0.2, 0) is 4.79 Å². The molecule has 5 nitrogen and oxygen atoms in total. The topological polar surface area (TPSA) is 61.4 Å². The average molecular weight is 471 g/mol. The third kappa shape index (κ3) is 3.99. The third-order valence-corrected chi connectivity index (χ3v) is 5.68. The number of anilines is 1. The van der Waals surface area contributed by atoms with Crippen LogP contribution >= 0.6 is 27.5 Å². The lowest BCUT2D eigenvalue weighted by molar-refractivity contribution is -0.121. The SMILES string of the molecule is O=C1NN(C(=O)Nc2ccc(Br)cc2)[C@H](c2ccccc2Cl)[C@H]1c1ccccc1. The highest BCUT2D eigenvalue weighted by molar-refractivity contribution is 9.10. The van der Waals surface area contributed by atoms with Crippen LogP contribution in [0.5, 0.6) is 0 Å². The van der Waals surface area contributed by atoms with Gasteiger partial charge in [-0.1, -0.05) is 76.1 Å². The summed E-state index contributed by atoms with van der Waals surface area (Å²) in [6.07, 6.45) is 0. The van der Waals surface area contributed by atoms with Crippen LogP contribution in [0.1, 0.15) is 23.1 Å². The van der Waals surface area contributed by atoms with E-state index in [1.807, 2.05) is 60.7 Å². The number of nitrogens with one attached hydrogen (secondary N) is 2. The summed E-state index contributed by atoms with van der Waals surface area (Å²) in [5, 5.41) is 4.65. The van der Waals surface area contributed by atoms with Crippen LogP contribution in [0.15, 0.2) is 83.3 Å². The molecule has 1 heterocycles. The Bertz CT molecular complexity index is 1040. The van der Waals surface area contributed by atoms with Crippen molar-refractivity contribution in [2.24, 2.45) is 0 Å². The van der Waals surface area contributed by atoms with Gasteiger partial charge in [0.1, 0.15) is 0 Å². The number of carbonyl (C=O) groups is 2. The van der Waals surface area contributed by atoms with Gasteiger partial charge in [-0.2, -0.15) is 0 Å². The number of urea groups is 1. The normalized spacial score (nSPS) is 18.4. The molecule has 4 rings (SSSR count). The Kier molecular flexibility index (Phi) is 5.56. The minimum absolute atomic E-state index is 0.257. The Balaban J connectivity index is 1.72. The van der Waals surface area contributed by atoms with Crippen LogP contribution in [-0.4, -0.2) is 16.9 Å². The first-order valence-corrected chi connectivity index (χ1v) is 10.2. The van der Waals surface area contributed by atoms with Gasteiger partial charge in [0.25, 0.3) is 0 Å². The van der Waals surface area contributed by atoms with Gasteiger partial charge in [-0.25, -0.2) is 9.80 Å². The van der Waals surface area contributed by atoms with Crippen LogP contribution in [0.25, 0.3) is 0 Å². The predicted octanol–water partition coefficient (Wildman–Crippen LogP) is 5.51. The van der Waals surface area contributed by atoms with E-state index in [1.54, 1.807) is 18.2 Å². The monoisotopic (exact) mass is 469 g/mol. The Morgan fingerprint density at radius 3 is 2.31 bits per heavy atom. The number of halogens is 2. The van der Waals surface area contributed by atoms with E-state index in [-0.39, 0.29) is 5.91 Å². The zero-order valence-electron chi connectivity index (χ0n) is 15.2. The molecule has 0 radical (unpaired) electrons. The summed E-state index contributed by atoms with van der Waals surface area (Å²) in [5.74, 6) is -0.834. The molecule has 146 valence electrons. The van der Waals surface area contributed by atoms with Crippen molar-refractivity contribution in [3.63, 3.8) is 0 Å². The quantitative estimate of drug-likeness (QED) is 0.530. The summed E-state index contributed by atoms with van der Waals surface area (Å²) in [5.41, 5.74) is 4.86. The largest absolute Gasteiger partial charge is 0.341 e. The second kappa shape index (κ2) is 8.27. The number of nitrogens with zero attached hydrogens (tertiary/aromatic N) is 1. The highest BCUT2D eigenvalue weighted by Gasteiger charge is 2.45. The Hall–Kier alpha value is -2.83. The maximum Gasteiger partial charge on any atom is 0.341 e. The van der Waals surface area contributed by atoms with Gasteiger partial charge < -0.3 is 5.32 Å². The number of carbonyl (C=O) groups excluding carboxylic acids is 2. The molecule has 29 heavy (non-hydrogen) atoms. The van der Waals surface area contributed by atoms with Crippen molar-refractivity contribution in [1.82, 2.24) is 10.4 Å². The highest BCUT2D eigenvalue weighted by Crippen LogP contribution is 2.42. The van der Waals surface area contributed by atoms with Crippen molar-refractivity contribution in [2.75, 3.05) is 5.32 Å². The molecule has 1 aliphatic heterocycles. The van der Waals surface area contributed by atoms with Crippen molar-refractivity contribution < 1.29 is 9.59 Å². The lowest BCUT2D eigenvalue weighted by atomic mass is 9.87. The zero-order chi connectivity index (χ0) is 20.4. The van der Waals surface area contributed by atoms with E-state index in [1.165, 1.54) is 5.01 Å². The summed E-state index contributed by atoms with van der Waals surface area (Å²) in [6.45, 7) is 0. The molecule has 0 unspecified atom stereocenters. The molecule has 2 N–H and O–H groups in total. The lowest BCUT2D eigenvalue weighted by Gasteiger charge is -2.27. The number of amides is 3. The first kappa shape index (κ1) is 19.5. The fourth-order valence-corrected chi connectivity index (χ4v) is 3.98. The van der Waals surface area contributed by atoms with Gasteiger partial charge in [0.15, 0.2) is 0 Å². The summed E-state index contributed by atoms with van der Waals surface area (Å²) in [7, 11) is 0. The van der Waals surface area contributed by atoms with E-state index < -0.39 is 18.0 Å². The van der Waals surface area contributed by atoms with Gasteiger partial charge in [-0.05, 0) is 41.5 Å². The van der Waals surface area contributed by atoms with E-state index in [9.17, 15) is 9.59 Å². The predicted molar refractivity (Wildman–Crippen MR) is 117 cm³/mol. The molecular weight excluding hydrogens is 454 g/mol. The molecule has 1 fully saturated rings. The summed E-state index contributed by atoms with van der Waals surface area (Å²) < 4.78 is 0.906. The second-order valence-electron chi connectivity index (χ2n) is 6.64. The van der Waals surface area contributed by atoms with Gasteiger partial charge >= 0.3 is 6.03 Å². The average Bonchev–Trinajstić information content (AvgIpc) is 3.08. The molecule has 1 aliphatic rings. The van der Waals surface area contributed by atoms with E-state index in [2.05, 4.69) is 26.7 Å². The summed E-state index contributed by atoms with van der Waals surface area (Å²) >= 11 is 9.82. The van der Waals surface area contributed by atoms with Gasteiger partial charge in [-0.15, -0.1) is 0 Å². The van der Waals surface area contributed by atoms with E-state index >= 15 is 0 Å². The van der Waals surface area contributed by atoms with Crippen molar-refractivity contribution in [1.29, 1.82) is 0 Å². The maximum atomic E-state index is 13.1. The van der Waals surface area contributed by atoms with Crippen molar-refractivity contribution in [2.45, 2.75) is 12.0 Å². The van der Waals surface area contributed by atoms with Crippen LogP contribution in [0.3, 0.4) is 0 Å². The number of rotatable bonds is 3. The van der Waals surface area contributed by atoms with Gasteiger partial charge in [0, 0.05) is 15.2 Å². The van der Waals surface area contributed by atoms with E-state index in [0.29, 0.717) is 16.3 Å². The smallest absolute Gasteiger partial charge is 0.306 e. The second-order valence-corrected chi connectivity index (χ2v) is 7.96. The van der Waals surface area contributed by atoms with Crippen molar-refractivity contribution in [3.05, 3.63) is 99.5 Å². The van der Waals surface area contributed by atoms with Crippen molar-refractivity contribution in [3.8, 4) is 0 Å². The number of hydrazine groups is 1. The number of hydrogen-bond donors (Lipinski definition) is 2. The molecule has 0 spiro atoms. The lowest BCUT2D eigenvalue weighted by Crippen LogP contribution is -2.42. The fourth-order valence-electron chi connectivity index (χ4n) is 3.47. The maximum absolute atomic E-state index is 13.1. The third-order valence-electron chi connectivity index (χ3n) is 4.80. The molecular formula is C22H17BrClN3O2. The fraction of sp³-hybridized carbons (Fsp3) is 0.0909. The van der Waals surface area contributed by atoms with E-state index in [4.69, 9.17) is 11.6 Å². The minimum atomic E-state index is -0.589. The van der Waals surface area contributed by atoms with Gasteiger partial charge in [-0.3, -0.25) is 10.2 Å². The Labute approximate surface area is 181 Å². The first-order valence-electron chi connectivity index (χ1n) is 9.00. The first-order chi connectivity index (χ1) is 14.0. The van der Waals surface area contributed by atoms with Crippen LogP contribution in [0, 0.1) is 0 Å². The minimum Gasteiger partial charge on any atom is -0.306 e. The van der Waals surface area contributed by atoms with Gasteiger partial charge in [0.2, 0.25) is 5.91 Å². The molecule has 2 atom stereocenters. The molecule has 0 aromatic heterocycles. The van der Waals surface area contributed by atoms with Gasteiger partial charge in [0.05, 0.1) is 12.0 Å². The molecule has 3 amide bonds. The standard InChI is InChI=1S/C22H17BrClN3O2/c23-15-10-12-16(13-11-15)25-22(29)27-20(17-8-4-5-9-18(17)24)19(21(28)26-27)14-6-2-1-3-7-14/h1-13,19-20H,(H,25,29)(H,26,28)/t19-,20-/m1/s1. The molecule has 3 aromatic rings. The number of benzene rings is 3. The Morgan fingerprint density at radius 1 is 0.966 bits per heavy atom. The molecule has 0 saturated carbocycles. The summed E-state index contributed by atoms with van der Waals surface area (Å²) in [6, 6.07) is 22.8. The summed E-state index contributed by atoms with van der Waals surface area (Å²) in [4.78, 5) is 26.0. The van der Waals surface area contributed by atoms with Crippen LogP contribution in [0.4, 0.5) is 10.5 Å². The molecule has 0 aliphatic carbocycles. The number of hydrogen-bond acceptors (Lipinski definition) is 2. The van der Waals surface area contributed by atoms with Crippen LogP contribution in [0.2, 0.25) is 5.02 Å². The van der Waals surface area contributed by atoms with E-state index in [0.717, 1.165) is 10.0 Å². The molecule has 7 heteroatoms. The van der Waals surface area contributed by atoms with Crippen molar-refractivity contribution >= 4 is 45.2 Å². The zero-order valence-corrected chi connectivity index (χ0v) is 17.5. The molecule has 3 aromatic carbocycles. The van der Waals surface area contributed by atoms with Crippen LogP contribution < -0.4 is 10.7 Å². The molecule has 1 saturated heterocycles. The molecule has 0 bridgehead atoms. The highest BCUT2D eigenvalue weighted by atomic mass is 79.9.